The van der Waals surface area contributed by atoms with Gasteiger partial charge in [-0.3, -0.25) is 4.79 Å². The first-order chi connectivity index (χ1) is 7.60. The Bertz CT molecular complexity index is 387. The number of halogens is 1. The minimum Gasteiger partial charge on any atom is -0.481 e. The van der Waals surface area contributed by atoms with Gasteiger partial charge < -0.3 is 15.7 Å². The van der Waals surface area contributed by atoms with E-state index in [4.69, 9.17) is 5.11 Å². The van der Waals surface area contributed by atoms with Gasteiger partial charge in [-0.05, 0) is 46.9 Å². The van der Waals surface area contributed by atoms with Crippen LogP contribution in [-0.4, -0.2) is 29.7 Å². The number of aliphatic carboxylic acids is 1. The van der Waals surface area contributed by atoms with Crippen molar-refractivity contribution in [2.45, 2.75) is 12.0 Å². The summed E-state index contributed by atoms with van der Waals surface area (Å²) in [5.41, 5.74) is 0.654. The molecule has 0 atom stereocenters. The quantitative estimate of drug-likeness (QED) is 0.732. The molecule has 86 valence electrons. The number of anilines is 1. The number of carbonyl (C=O) groups is 1. The summed E-state index contributed by atoms with van der Waals surface area (Å²) >= 11 is 2.24. The highest BCUT2D eigenvalue weighted by Crippen LogP contribution is 2.23. The summed E-state index contributed by atoms with van der Waals surface area (Å²) < 4.78 is 1.17. The fourth-order valence-corrected chi connectivity index (χ4v) is 2.17. The Morgan fingerprint density at radius 3 is 2.50 bits per heavy atom. The van der Waals surface area contributed by atoms with E-state index in [1.165, 1.54) is 3.57 Å². The Kier molecular flexibility index (Phi) is 3.34. The van der Waals surface area contributed by atoms with Crippen molar-refractivity contribution in [1.29, 1.82) is 0 Å². The van der Waals surface area contributed by atoms with E-state index < -0.39 is 5.97 Å². The molecule has 0 spiro atoms. The molecule has 1 heterocycles. The van der Waals surface area contributed by atoms with Gasteiger partial charge in [0.15, 0.2) is 0 Å². The summed E-state index contributed by atoms with van der Waals surface area (Å²) in [4.78, 5) is 10.8. The number of carboxylic acid groups (broad SMARTS) is 1. The lowest BCUT2D eigenvalue weighted by molar-refractivity contribution is -0.138. The summed E-state index contributed by atoms with van der Waals surface area (Å²) in [7, 11) is 0. The van der Waals surface area contributed by atoms with Gasteiger partial charge in [0.05, 0.1) is 12.0 Å². The van der Waals surface area contributed by atoms with Gasteiger partial charge >= 0.3 is 5.97 Å². The fourth-order valence-electron chi connectivity index (χ4n) is 1.81. The number of hydrogen-bond acceptors (Lipinski definition) is 3. The zero-order chi connectivity index (χ0) is 11.6. The van der Waals surface area contributed by atoms with Gasteiger partial charge in [0.25, 0.3) is 0 Å². The molecule has 3 N–H and O–H groups in total. The van der Waals surface area contributed by atoms with Crippen LogP contribution in [0.1, 0.15) is 6.42 Å². The molecule has 1 saturated heterocycles. The van der Waals surface area contributed by atoms with Crippen LogP contribution in [0.2, 0.25) is 0 Å². The van der Waals surface area contributed by atoms with E-state index in [0.29, 0.717) is 13.1 Å². The third-order valence-electron chi connectivity index (χ3n) is 2.67. The summed E-state index contributed by atoms with van der Waals surface area (Å²) in [5.74, 6) is -0.764. The van der Waals surface area contributed by atoms with E-state index in [0.717, 1.165) is 5.69 Å². The SMILES string of the molecule is O=C(O)CC1(Nc2ccc(I)cc2)CNC1. The summed E-state index contributed by atoms with van der Waals surface area (Å²) in [5, 5.41) is 15.3. The lowest BCUT2D eigenvalue weighted by atomic mass is 9.88. The summed E-state index contributed by atoms with van der Waals surface area (Å²) in [6.45, 7) is 1.40. The predicted molar refractivity (Wildman–Crippen MR) is 70.6 cm³/mol. The van der Waals surface area contributed by atoms with Crippen LogP contribution in [0.4, 0.5) is 5.69 Å². The minimum absolute atomic E-state index is 0.145. The lowest BCUT2D eigenvalue weighted by Gasteiger charge is -2.43. The van der Waals surface area contributed by atoms with E-state index in [1.54, 1.807) is 0 Å². The Morgan fingerprint density at radius 2 is 2.06 bits per heavy atom. The second-order valence-corrected chi connectivity index (χ2v) is 5.33. The number of hydrogen-bond donors (Lipinski definition) is 3. The van der Waals surface area contributed by atoms with Gasteiger partial charge in [-0.15, -0.1) is 0 Å². The zero-order valence-electron chi connectivity index (χ0n) is 8.66. The van der Waals surface area contributed by atoms with Crippen molar-refractivity contribution in [3.05, 3.63) is 27.8 Å². The molecule has 1 fully saturated rings. The molecule has 5 heteroatoms. The van der Waals surface area contributed by atoms with Crippen LogP contribution in [-0.2, 0) is 4.79 Å². The van der Waals surface area contributed by atoms with Crippen LogP contribution in [0.25, 0.3) is 0 Å². The second kappa shape index (κ2) is 4.58. The van der Waals surface area contributed by atoms with Crippen LogP contribution < -0.4 is 10.6 Å². The fraction of sp³-hybridized carbons (Fsp3) is 0.364. The number of benzene rings is 1. The molecule has 4 nitrogen and oxygen atoms in total. The van der Waals surface area contributed by atoms with Crippen molar-refractivity contribution in [2.24, 2.45) is 0 Å². The van der Waals surface area contributed by atoms with E-state index in [2.05, 4.69) is 33.2 Å². The molecule has 0 unspecified atom stereocenters. The molecule has 2 rings (SSSR count). The highest BCUT2D eigenvalue weighted by Gasteiger charge is 2.38. The molecule has 16 heavy (non-hydrogen) atoms. The molecule has 0 aromatic heterocycles. The van der Waals surface area contributed by atoms with Crippen LogP contribution >= 0.6 is 22.6 Å². The zero-order valence-corrected chi connectivity index (χ0v) is 10.8. The lowest BCUT2D eigenvalue weighted by Crippen LogP contribution is -2.65. The van der Waals surface area contributed by atoms with Crippen LogP contribution in [0.15, 0.2) is 24.3 Å². The highest BCUT2D eigenvalue weighted by atomic mass is 127. The molecule has 0 aliphatic carbocycles. The van der Waals surface area contributed by atoms with Gasteiger partial charge in [-0.25, -0.2) is 0 Å². The molecule has 1 aliphatic rings. The number of carboxylic acids is 1. The van der Waals surface area contributed by atoms with E-state index in [1.807, 2.05) is 24.3 Å². The Morgan fingerprint density at radius 1 is 1.44 bits per heavy atom. The summed E-state index contributed by atoms with van der Waals surface area (Å²) in [6.07, 6.45) is 0.145. The summed E-state index contributed by atoms with van der Waals surface area (Å²) in [6, 6.07) is 7.96. The highest BCUT2D eigenvalue weighted by molar-refractivity contribution is 14.1. The van der Waals surface area contributed by atoms with E-state index in [9.17, 15) is 4.79 Å². The van der Waals surface area contributed by atoms with Crippen molar-refractivity contribution < 1.29 is 9.90 Å². The molecule has 0 bridgehead atoms. The first kappa shape index (κ1) is 11.7. The van der Waals surface area contributed by atoms with E-state index in [-0.39, 0.29) is 12.0 Å². The van der Waals surface area contributed by atoms with Crippen molar-refractivity contribution in [2.75, 3.05) is 18.4 Å². The number of rotatable bonds is 4. The van der Waals surface area contributed by atoms with Gasteiger partial charge in [0.1, 0.15) is 0 Å². The predicted octanol–water partition coefficient (Wildman–Crippen LogP) is 1.52. The molecular formula is C11H13IN2O2. The molecule has 0 saturated carbocycles. The molecular weight excluding hydrogens is 319 g/mol. The van der Waals surface area contributed by atoms with Crippen molar-refractivity contribution in [1.82, 2.24) is 5.32 Å². The topological polar surface area (TPSA) is 61.4 Å². The molecule has 0 amide bonds. The van der Waals surface area contributed by atoms with Gasteiger partial charge in [0.2, 0.25) is 0 Å². The molecule has 1 aromatic rings. The maximum atomic E-state index is 10.8. The standard InChI is InChI=1S/C11H13IN2O2/c12-8-1-3-9(4-2-8)14-11(5-10(15)16)6-13-7-11/h1-4,13-14H,5-7H2,(H,15,16). The smallest absolute Gasteiger partial charge is 0.305 e. The van der Waals surface area contributed by atoms with Crippen molar-refractivity contribution in [3.8, 4) is 0 Å². The molecule has 1 aliphatic heterocycles. The average molecular weight is 332 g/mol. The second-order valence-electron chi connectivity index (χ2n) is 4.09. The monoisotopic (exact) mass is 332 g/mol. The van der Waals surface area contributed by atoms with Crippen molar-refractivity contribution >= 4 is 34.2 Å². The van der Waals surface area contributed by atoms with Crippen molar-refractivity contribution in [3.63, 3.8) is 0 Å². The van der Waals surface area contributed by atoms with Crippen LogP contribution in [0.5, 0.6) is 0 Å². The van der Waals surface area contributed by atoms with E-state index >= 15 is 0 Å². The third-order valence-corrected chi connectivity index (χ3v) is 3.39. The number of nitrogens with one attached hydrogen (secondary N) is 2. The molecule has 0 radical (unpaired) electrons. The van der Waals surface area contributed by atoms with Gasteiger partial charge in [-0.1, -0.05) is 0 Å². The minimum atomic E-state index is -0.764. The maximum Gasteiger partial charge on any atom is 0.305 e. The Labute approximate surface area is 108 Å². The Hall–Kier alpha value is -0.820. The first-order valence-electron chi connectivity index (χ1n) is 5.06. The largest absolute Gasteiger partial charge is 0.481 e. The van der Waals surface area contributed by atoms with Crippen LogP contribution in [0, 0.1) is 3.57 Å². The van der Waals surface area contributed by atoms with Gasteiger partial charge in [-0.2, -0.15) is 0 Å². The normalized spacial score (nSPS) is 17.6. The third kappa shape index (κ3) is 2.65. The van der Waals surface area contributed by atoms with Crippen LogP contribution in [0.3, 0.4) is 0 Å². The van der Waals surface area contributed by atoms with Gasteiger partial charge in [0, 0.05) is 22.3 Å². The molecule has 1 aromatic carbocycles. The Balaban J connectivity index is 2.06. The maximum absolute atomic E-state index is 10.8. The average Bonchev–Trinajstić information content (AvgIpc) is 2.17. The first-order valence-corrected chi connectivity index (χ1v) is 6.14.